The van der Waals surface area contributed by atoms with E-state index in [2.05, 4.69) is 13.8 Å². The number of hydrogen-bond acceptors (Lipinski definition) is 6. The summed E-state index contributed by atoms with van der Waals surface area (Å²) >= 11 is 0. The molecule has 2 aromatic carbocycles. The second-order valence-electron chi connectivity index (χ2n) is 10.2. The molecule has 1 amide bonds. The van der Waals surface area contributed by atoms with Crippen molar-refractivity contribution in [2.24, 2.45) is 0 Å². The summed E-state index contributed by atoms with van der Waals surface area (Å²) in [7, 11) is 0. The molecule has 3 rings (SSSR count). The highest BCUT2D eigenvalue weighted by Crippen LogP contribution is 2.38. The summed E-state index contributed by atoms with van der Waals surface area (Å²) in [5.41, 5.74) is 1.20. The number of carbonyl (C=O) groups is 1. The molecule has 1 heterocycles. The summed E-state index contributed by atoms with van der Waals surface area (Å²) in [5.74, 6) is 0.668. The van der Waals surface area contributed by atoms with E-state index < -0.39 is 17.1 Å². The lowest BCUT2D eigenvalue weighted by Crippen LogP contribution is -2.34. The number of amides is 1. The third-order valence-electron chi connectivity index (χ3n) is 6.70. The van der Waals surface area contributed by atoms with Crippen LogP contribution in [0.4, 0.5) is 10.5 Å². The molecule has 0 aliphatic heterocycles. The Kier molecular flexibility index (Phi) is 10.8. The van der Waals surface area contributed by atoms with Gasteiger partial charge in [-0.15, -0.1) is 0 Å². The molecule has 1 unspecified atom stereocenters. The molecule has 0 saturated heterocycles. The average molecular weight is 527 g/mol. The van der Waals surface area contributed by atoms with Gasteiger partial charge in [-0.1, -0.05) is 52.4 Å². The van der Waals surface area contributed by atoms with E-state index in [0.29, 0.717) is 35.6 Å². The molecule has 0 N–H and O–H groups in total. The van der Waals surface area contributed by atoms with Gasteiger partial charge >= 0.3 is 6.09 Å². The van der Waals surface area contributed by atoms with Gasteiger partial charge in [-0.3, -0.25) is 10.1 Å². The minimum absolute atomic E-state index is 0.0120. The SMILES string of the molecule is CCCCCCN(CCCCCC)C(=O)OC(C)c1cc2c(cc1[N+](=O)[O-])oc1cc(OC(C)C)ccc12. The molecule has 208 valence electrons. The maximum absolute atomic E-state index is 13.2. The third kappa shape index (κ3) is 7.62. The van der Waals surface area contributed by atoms with Crippen LogP contribution in [0.3, 0.4) is 0 Å². The maximum atomic E-state index is 13.2. The van der Waals surface area contributed by atoms with Crippen molar-refractivity contribution in [2.75, 3.05) is 13.1 Å². The molecule has 1 atom stereocenters. The number of rotatable bonds is 15. The zero-order valence-corrected chi connectivity index (χ0v) is 23.5. The van der Waals surface area contributed by atoms with E-state index in [1.807, 2.05) is 26.0 Å². The molecular weight excluding hydrogens is 484 g/mol. The topological polar surface area (TPSA) is 95.1 Å². The first-order chi connectivity index (χ1) is 18.2. The van der Waals surface area contributed by atoms with Crippen LogP contribution in [-0.2, 0) is 4.74 Å². The van der Waals surface area contributed by atoms with Crippen molar-refractivity contribution in [3.8, 4) is 5.75 Å². The van der Waals surface area contributed by atoms with Crippen LogP contribution < -0.4 is 4.74 Å². The van der Waals surface area contributed by atoms with Gasteiger partial charge in [0.25, 0.3) is 5.69 Å². The minimum atomic E-state index is -0.797. The predicted octanol–water partition coefficient (Wildman–Crippen LogP) is 8.94. The summed E-state index contributed by atoms with van der Waals surface area (Å²) < 4.78 is 17.5. The Morgan fingerprint density at radius 3 is 2.13 bits per heavy atom. The molecule has 0 aliphatic carbocycles. The van der Waals surface area contributed by atoms with Gasteiger partial charge in [-0.05, 0) is 51.8 Å². The van der Waals surface area contributed by atoms with Crippen LogP contribution in [0.15, 0.2) is 34.7 Å². The zero-order chi connectivity index (χ0) is 27.7. The minimum Gasteiger partial charge on any atom is -0.491 e. The van der Waals surface area contributed by atoms with E-state index in [-0.39, 0.29) is 11.8 Å². The molecule has 1 aromatic heterocycles. The summed E-state index contributed by atoms with van der Waals surface area (Å²) in [6, 6.07) is 8.67. The van der Waals surface area contributed by atoms with Gasteiger partial charge < -0.3 is 18.8 Å². The number of unbranched alkanes of at least 4 members (excludes halogenated alkanes) is 6. The van der Waals surface area contributed by atoms with Crippen LogP contribution in [0, 0.1) is 10.1 Å². The van der Waals surface area contributed by atoms with Gasteiger partial charge in [-0.25, -0.2) is 4.79 Å². The lowest BCUT2D eigenvalue weighted by molar-refractivity contribution is -0.386. The Labute approximate surface area is 225 Å². The number of ether oxygens (including phenoxy) is 2. The summed E-state index contributed by atoms with van der Waals surface area (Å²) in [6.45, 7) is 11.2. The van der Waals surface area contributed by atoms with E-state index >= 15 is 0 Å². The van der Waals surface area contributed by atoms with Crippen LogP contribution in [0.25, 0.3) is 21.9 Å². The molecule has 8 nitrogen and oxygen atoms in total. The van der Waals surface area contributed by atoms with Crippen LogP contribution in [0.2, 0.25) is 0 Å². The number of nitro groups is 1. The van der Waals surface area contributed by atoms with Crippen molar-refractivity contribution in [1.29, 1.82) is 0 Å². The Bertz CT molecular complexity index is 1210. The van der Waals surface area contributed by atoms with E-state index in [1.54, 1.807) is 24.0 Å². The standard InChI is InChI=1S/C30H42N2O6/c1-6-8-10-12-16-31(17-13-11-9-7-2)30(33)37-22(5)25-19-26-24-15-14-23(36-21(3)4)18-28(24)38-29(26)20-27(25)32(34)35/h14-15,18-22H,6-13,16-17H2,1-5H3. The zero-order valence-electron chi connectivity index (χ0n) is 23.5. The van der Waals surface area contributed by atoms with Gasteiger partial charge in [0.2, 0.25) is 0 Å². The number of benzene rings is 2. The van der Waals surface area contributed by atoms with E-state index in [4.69, 9.17) is 13.9 Å². The predicted molar refractivity (Wildman–Crippen MR) is 151 cm³/mol. The molecule has 0 radical (unpaired) electrons. The number of nitro benzene ring substituents is 1. The molecule has 38 heavy (non-hydrogen) atoms. The van der Waals surface area contributed by atoms with E-state index in [1.165, 1.54) is 6.07 Å². The quantitative estimate of drug-likeness (QED) is 0.111. The summed E-state index contributed by atoms with van der Waals surface area (Å²) in [4.78, 5) is 26.5. The normalized spacial score (nSPS) is 12.3. The first-order valence-corrected chi connectivity index (χ1v) is 14.0. The van der Waals surface area contributed by atoms with Crippen molar-refractivity contribution in [3.05, 3.63) is 46.0 Å². The number of hydrogen-bond donors (Lipinski definition) is 0. The van der Waals surface area contributed by atoms with Gasteiger partial charge in [0.1, 0.15) is 23.0 Å². The van der Waals surface area contributed by atoms with Crippen LogP contribution in [0.1, 0.15) is 97.7 Å². The van der Waals surface area contributed by atoms with E-state index in [0.717, 1.165) is 62.1 Å². The van der Waals surface area contributed by atoms with Crippen molar-refractivity contribution in [3.63, 3.8) is 0 Å². The average Bonchev–Trinajstić information content (AvgIpc) is 3.23. The number of furan rings is 1. The summed E-state index contributed by atoms with van der Waals surface area (Å²) in [5, 5.41) is 13.5. The van der Waals surface area contributed by atoms with Gasteiger partial charge in [-0.2, -0.15) is 0 Å². The van der Waals surface area contributed by atoms with Crippen LogP contribution >= 0.6 is 0 Å². The largest absolute Gasteiger partial charge is 0.491 e. The fraction of sp³-hybridized carbons (Fsp3) is 0.567. The number of nitrogens with zero attached hydrogens (tertiary/aromatic N) is 2. The second-order valence-corrected chi connectivity index (χ2v) is 10.2. The summed E-state index contributed by atoms with van der Waals surface area (Å²) in [6.07, 6.45) is 7.25. The molecule has 8 heteroatoms. The molecule has 0 saturated carbocycles. The molecule has 0 fully saturated rings. The van der Waals surface area contributed by atoms with Gasteiger partial charge in [0, 0.05) is 29.9 Å². The molecule has 0 aliphatic rings. The molecule has 0 bridgehead atoms. The van der Waals surface area contributed by atoms with Gasteiger partial charge in [0.05, 0.1) is 22.7 Å². The van der Waals surface area contributed by atoms with Crippen molar-refractivity contribution in [1.82, 2.24) is 4.90 Å². The first kappa shape index (κ1) is 29.3. The van der Waals surface area contributed by atoms with Gasteiger partial charge in [0.15, 0.2) is 0 Å². The van der Waals surface area contributed by atoms with E-state index in [9.17, 15) is 14.9 Å². The maximum Gasteiger partial charge on any atom is 0.410 e. The first-order valence-electron chi connectivity index (χ1n) is 14.0. The fourth-order valence-electron chi connectivity index (χ4n) is 4.68. The number of carbonyl (C=O) groups excluding carboxylic acids is 1. The Morgan fingerprint density at radius 2 is 1.55 bits per heavy atom. The van der Waals surface area contributed by atoms with Crippen molar-refractivity contribution >= 4 is 33.7 Å². The smallest absolute Gasteiger partial charge is 0.410 e. The molecular formula is C30H42N2O6. The lowest BCUT2D eigenvalue weighted by Gasteiger charge is -2.24. The molecule has 0 spiro atoms. The highest BCUT2D eigenvalue weighted by Gasteiger charge is 2.27. The van der Waals surface area contributed by atoms with Crippen LogP contribution in [0.5, 0.6) is 5.75 Å². The third-order valence-corrected chi connectivity index (χ3v) is 6.70. The fourth-order valence-corrected chi connectivity index (χ4v) is 4.68. The van der Waals surface area contributed by atoms with Crippen LogP contribution in [-0.4, -0.2) is 35.1 Å². The molecule has 3 aromatic rings. The highest BCUT2D eigenvalue weighted by molar-refractivity contribution is 6.06. The Balaban J connectivity index is 1.86. The second kappa shape index (κ2) is 14.0. The van der Waals surface area contributed by atoms with Crippen molar-refractivity contribution < 1.29 is 23.6 Å². The Morgan fingerprint density at radius 1 is 0.921 bits per heavy atom. The Hall–Kier alpha value is -3.29. The van der Waals surface area contributed by atoms with Crippen molar-refractivity contribution in [2.45, 2.75) is 98.2 Å². The highest BCUT2D eigenvalue weighted by atomic mass is 16.6. The number of fused-ring (bicyclic) bond motifs is 3. The lowest BCUT2D eigenvalue weighted by atomic mass is 10.0. The monoisotopic (exact) mass is 526 g/mol.